The lowest BCUT2D eigenvalue weighted by molar-refractivity contribution is -0.373. The first kappa shape index (κ1) is 31.8. The summed E-state index contributed by atoms with van der Waals surface area (Å²) < 4.78 is 29.4. The second kappa shape index (κ2) is 13.0. The van der Waals surface area contributed by atoms with E-state index in [1.165, 1.54) is 14.0 Å². The highest BCUT2D eigenvalue weighted by atomic mass is 16.8. The van der Waals surface area contributed by atoms with Gasteiger partial charge in [-0.25, -0.2) is 0 Å². The van der Waals surface area contributed by atoms with Gasteiger partial charge in [0.2, 0.25) is 5.91 Å². The van der Waals surface area contributed by atoms with E-state index in [1.807, 2.05) is 0 Å². The number of fused-ring (bicyclic) bond motifs is 1. The predicted molar refractivity (Wildman–Crippen MR) is 133 cm³/mol. The number of aliphatic hydroxyl groups is 6. The van der Waals surface area contributed by atoms with Crippen LogP contribution >= 0.6 is 0 Å². The highest BCUT2D eigenvalue weighted by Gasteiger charge is 2.54. The van der Waals surface area contributed by atoms with E-state index in [4.69, 9.17) is 40.9 Å². The Morgan fingerprint density at radius 2 is 1.55 bits per heavy atom. The molecule has 0 aromatic rings. The number of hydrogen-bond donors (Lipinski definition) is 11. The van der Waals surface area contributed by atoms with Crippen molar-refractivity contribution >= 4 is 5.91 Å². The maximum atomic E-state index is 11.7. The molecule has 4 fully saturated rings. The minimum atomic E-state index is -1.56. The summed E-state index contributed by atoms with van der Waals surface area (Å²) in [5.41, 5.74) is 18.0. The highest BCUT2D eigenvalue weighted by molar-refractivity contribution is 5.73. The molecule has 232 valence electrons. The number of nitrogens with one attached hydrogen (secondary N) is 2. The molecular weight excluding hydrogens is 538 g/mol. The molecule has 17 atom stereocenters. The number of carbonyl (C=O) groups is 1. The van der Waals surface area contributed by atoms with Crippen LogP contribution in [0, 0.1) is 0 Å². The predicted octanol–water partition coefficient (Wildman–Crippen LogP) is -6.77. The molecule has 3 aliphatic heterocycles. The molecule has 17 heteroatoms. The summed E-state index contributed by atoms with van der Waals surface area (Å²) in [4.78, 5) is 11.7. The number of likely N-dealkylation sites (N-methyl/N-ethyl adjacent to an activating group) is 1. The van der Waals surface area contributed by atoms with E-state index in [0.29, 0.717) is 0 Å². The Bertz CT molecular complexity index is 859. The van der Waals surface area contributed by atoms with Crippen molar-refractivity contribution in [3.63, 3.8) is 0 Å². The van der Waals surface area contributed by atoms with Gasteiger partial charge in [0.05, 0.1) is 43.0 Å². The van der Waals surface area contributed by atoms with E-state index in [9.17, 15) is 35.4 Å². The molecule has 0 aromatic carbocycles. The van der Waals surface area contributed by atoms with Gasteiger partial charge >= 0.3 is 0 Å². The zero-order valence-corrected chi connectivity index (χ0v) is 22.3. The summed E-state index contributed by atoms with van der Waals surface area (Å²) in [6.45, 7) is 0.778. The van der Waals surface area contributed by atoms with Gasteiger partial charge in [-0.15, -0.1) is 0 Å². The average molecular weight is 582 g/mol. The first-order valence-electron chi connectivity index (χ1n) is 13.4. The lowest BCUT2D eigenvalue weighted by atomic mass is 9.84. The molecular formula is C23H43N5O12. The summed E-state index contributed by atoms with van der Waals surface area (Å²) in [7, 11) is 1.54. The number of aliphatic hydroxyl groups excluding tert-OH is 6. The van der Waals surface area contributed by atoms with Crippen molar-refractivity contribution in [2.75, 3.05) is 13.7 Å². The summed E-state index contributed by atoms with van der Waals surface area (Å²) in [5, 5.41) is 68.0. The number of carbonyl (C=O) groups excluding carboxylic acids is 1. The molecule has 0 spiro atoms. The van der Waals surface area contributed by atoms with Gasteiger partial charge in [0.15, 0.2) is 18.9 Å². The number of ether oxygens (including phenoxy) is 5. The van der Waals surface area contributed by atoms with Crippen LogP contribution in [-0.2, 0) is 28.5 Å². The molecule has 1 saturated carbocycles. The number of nitrogens with two attached hydrogens (primary N) is 3. The zero-order chi connectivity index (χ0) is 29.5. The molecule has 4 aliphatic rings. The van der Waals surface area contributed by atoms with Crippen molar-refractivity contribution in [1.82, 2.24) is 10.6 Å². The van der Waals surface area contributed by atoms with Gasteiger partial charge in [-0.2, -0.15) is 0 Å². The Morgan fingerprint density at radius 3 is 2.17 bits per heavy atom. The molecule has 3 saturated heterocycles. The Labute approximate surface area is 230 Å². The van der Waals surface area contributed by atoms with E-state index in [2.05, 4.69) is 10.6 Å². The number of rotatable bonds is 7. The fraction of sp³-hybridized carbons (Fsp3) is 0.957. The quantitative estimate of drug-likeness (QED) is 0.133. The molecule has 14 N–H and O–H groups in total. The van der Waals surface area contributed by atoms with E-state index >= 15 is 0 Å². The SMILES string of the molecule is CN[C@@H]1[C@@H](O[C@H]2O[C@H](CO)[C@@H](N)[C@H](O)[C@H]2O)O[C@H]2C[C@@H](N)[C@@H](O[C@H]3[C@H](O)[C@@H](O)[C@H](N)C[C@@H]3NC(C)=O)O[C@@H]2[C@@H]1O. The smallest absolute Gasteiger partial charge is 0.217 e. The lowest BCUT2D eigenvalue weighted by Crippen LogP contribution is -2.70. The van der Waals surface area contributed by atoms with E-state index < -0.39 is 111 Å². The van der Waals surface area contributed by atoms with Crippen LogP contribution < -0.4 is 27.8 Å². The molecule has 17 nitrogen and oxygen atoms in total. The largest absolute Gasteiger partial charge is 0.394 e. The maximum absolute atomic E-state index is 11.7. The van der Waals surface area contributed by atoms with Gasteiger partial charge in [-0.05, 0) is 19.9 Å². The number of amides is 1. The van der Waals surface area contributed by atoms with Crippen molar-refractivity contribution in [1.29, 1.82) is 0 Å². The Morgan fingerprint density at radius 1 is 0.850 bits per heavy atom. The summed E-state index contributed by atoms with van der Waals surface area (Å²) in [5.74, 6) is -0.380. The normalized spacial score (nSPS) is 51.6. The standard InChI is InChI=1S/C23H43N5O12/c1-6(30)28-9-3-7(24)14(31)17(34)19(9)38-21-8(25)4-10-20(39-21)16(33)13(27-2)22(36-10)40-23-18(35)15(32)12(26)11(5-29)37-23/h7-23,27,29,31-35H,3-5,24-26H2,1-2H3,(H,28,30)/t7-,8-,9+,10+,11-,12-,13+,14+,15+,16-,17-,18-,19-,20+,21+,22-,23-/m1/s1. The average Bonchev–Trinajstić information content (AvgIpc) is 2.90. The summed E-state index contributed by atoms with van der Waals surface area (Å²) in [6.07, 6.45) is -14.4. The second-order valence-corrected chi connectivity index (χ2v) is 10.9. The van der Waals surface area contributed by atoms with Crippen molar-refractivity contribution in [2.24, 2.45) is 17.2 Å². The van der Waals surface area contributed by atoms with Crippen molar-refractivity contribution in [2.45, 2.75) is 124 Å². The van der Waals surface area contributed by atoms with Gasteiger partial charge < -0.3 is 82.2 Å². The van der Waals surface area contributed by atoms with Gasteiger partial charge in [0.1, 0.15) is 42.7 Å². The molecule has 0 bridgehead atoms. The van der Waals surface area contributed by atoms with Gasteiger partial charge in [0, 0.05) is 13.0 Å². The first-order valence-corrected chi connectivity index (χ1v) is 13.4. The van der Waals surface area contributed by atoms with E-state index in [-0.39, 0.29) is 18.7 Å². The van der Waals surface area contributed by atoms with Crippen LogP contribution in [-0.4, -0.2) is 154 Å². The summed E-state index contributed by atoms with van der Waals surface area (Å²) >= 11 is 0. The minimum absolute atomic E-state index is 0.110. The molecule has 1 amide bonds. The molecule has 4 rings (SSSR count). The van der Waals surface area contributed by atoms with Crippen LogP contribution in [0.1, 0.15) is 19.8 Å². The molecule has 0 radical (unpaired) electrons. The zero-order valence-electron chi connectivity index (χ0n) is 22.3. The van der Waals surface area contributed by atoms with Crippen LogP contribution in [0.5, 0.6) is 0 Å². The Hall–Kier alpha value is -1.13. The lowest BCUT2D eigenvalue weighted by Gasteiger charge is -2.51. The maximum Gasteiger partial charge on any atom is 0.217 e. The fourth-order valence-corrected chi connectivity index (χ4v) is 5.82. The van der Waals surface area contributed by atoms with Crippen LogP contribution in [0.15, 0.2) is 0 Å². The molecule has 0 aromatic heterocycles. The van der Waals surface area contributed by atoms with Crippen LogP contribution in [0.2, 0.25) is 0 Å². The van der Waals surface area contributed by atoms with E-state index in [0.717, 1.165) is 0 Å². The molecule has 0 unspecified atom stereocenters. The third-order valence-corrected chi connectivity index (χ3v) is 8.09. The molecule has 1 aliphatic carbocycles. The monoisotopic (exact) mass is 581 g/mol. The van der Waals surface area contributed by atoms with Crippen molar-refractivity contribution in [3.8, 4) is 0 Å². The van der Waals surface area contributed by atoms with Crippen LogP contribution in [0.4, 0.5) is 0 Å². The minimum Gasteiger partial charge on any atom is -0.394 e. The molecule has 40 heavy (non-hydrogen) atoms. The Kier molecular flexibility index (Phi) is 10.4. The van der Waals surface area contributed by atoms with Gasteiger partial charge in [0.25, 0.3) is 0 Å². The van der Waals surface area contributed by atoms with Crippen molar-refractivity contribution < 1.29 is 59.1 Å². The van der Waals surface area contributed by atoms with E-state index in [1.54, 1.807) is 0 Å². The van der Waals surface area contributed by atoms with Crippen LogP contribution in [0.3, 0.4) is 0 Å². The topological polar surface area (TPSA) is 287 Å². The van der Waals surface area contributed by atoms with Gasteiger partial charge in [-0.3, -0.25) is 4.79 Å². The van der Waals surface area contributed by atoms with Crippen molar-refractivity contribution in [3.05, 3.63) is 0 Å². The fourth-order valence-electron chi connectivity index (χ4n) is 5.82. The van der Waals surface area contributed by atoms with Crippen LogP contribution in [0.25, 0.3) is 0 Å². The highest BCUT2D eigenvalue weighted by Crippen LogP contribution is 2.35. The van der Waals surface area contributed by atoms with Gasteiger partial charge in [-0.1, -0.05) is 0 Å². The Balaban J connectivity index is 1.45. The third kappa shape index (κ3) is 6.29. The molecule has 3 heterocycles. The third-order valence-electron chi connectivity index (χ3n) is 8.09. The first-order chi connectivity index (χ1) is 18.9. The second-order valence-electron chi connectivity index (χ2n) is 10.9. The number of hydrogen-bond acceptors (Lipinski definition) is 16. The summed E-state index contributed by atoms with van der Waals surface area (Å²) in [6, 6.07) is -4.32.